The first-order chi connectivity index (χ1) is 6.83. The summed E-state index contributed by atoms with van der Waals surface area (Å²) in [7, 11) is -8.57. The van der Waals surface area contributed by atoms with Crippen LogP contribution in [0.3, 0.4) is 0 Å². The molecule has 0 aromatic heterocycles. The molecule has 15 heavy (non-hydrogen) atoms. The van der Waals surface area contributed by atoms with Crippen LogP contribution >= 0.6 is 0 Å². The molecular weight excluding hydrogens is 244 g/mol. The Morgan fingerprint density at radius 3 is 1.47 bits per heavy atom. The zero-order chi connectivity index (χ0) is 11.9. The molecule has 0 fully saturated rings. The molecule has 84 valence electrons. The highest BCUT2D eigenvalue weighted by atomic mass is 32.3. The van der Waals surface area contributed by atoms with Crippen LogP contribution < -0.4 is 0 Å². The molecule has 0 amide bonds. The number of hydrogen-bond acceptors (Lipinski definition) is 6. The van der Waals surface area contributed by atoms with Crippen LogP contribution in [0.2, 0.25) is 0 Å². The second kappa shape index (κ2) is 5.49. The maximum absolute atomic E-state index is 10.9. The molecule has 0 saturated heterocycles. The van der Waals surface area contributed by atoms with Crippen molar-refractivity contribution in [2.45, 2.75) is 13.8 Å². The maximum atomic E-state index is 10.9. The van der Waals surface area contributed by atoms with Gasteiger partial charge in [0.2, 0.25) is 5.08 Å². The van der Waals surface area contributed by atoms with Crippen molar-refractivity contribution < 1.29 is 25.2 Å². The molecule has 0 aromatic rings. The summed E-state index contributed by atoms with van der Waals surface area (Å²) in [5, 5.41) is -1.33. The van der Waals surface area contributed by atoms with E-state index < -0.39 is 25.3 Å². The average molecular weight is 252 g/mol. The van der Waals surface area contributed by atoms with Crippen molar-refractivity contribution in [3.05, 3.63) is 0 Å². The van der Waals surface area contributed by atoms with Crippen LogP contribution in [0.5, 0.6) is 0 Å². The second-order valence-electron chi connectivity index (χ2n) is 2.10. The molecular formula is C7H8O6S2. The fraction of sp³-hybridized carbons (Fsp3) is 0.429. The van der Waals surface area contributed by atoms with E-state index in [1.165, 1.54) is 13.8 Å². The van der Waals surface area contributed by atoms with E-state index in [-0.39, 0.29) is 0 Å². The topological polar surface area (TPSA) is 86.7 Å². The summed E-state index contributed by atoms with van der Waals surface area (Å²) in [5.41, 5.74) is 0. The highest BCUT2D eigenvalue weighted by Crippen LogP contribution is 2.01. The first-order valence-electron chi connectivity index (χ1n) is 3.49. The van der Waals surface area contributed by atoms with Crippen molar-refractivity contribution in [2.75, 3.05) is 5.08 Å². The van der Waals surface area contributed by atoms with Gasteiger partial charge >= 0.3 is 20.2 Å². The molecule has 0 aromatic carbocycles. The molecule has 0 unspecified atom stereocenters. The summed E-state index contributed by atoms with van der Waals surface area (Å²) >= 11 is 0. The van der Waals surface area contributed by atoms with Crippen LogP contribution in [-0.2, 0) is 28.6 Å². The van der Waals surface area contributed by atoms with Crippen LogP contribution in [0, 0.1) is 24.1 Å². The highest BCUT2D eigenvalue weighted by molar-refractivity contribution is 8.03. The zero-order valence-electron chi connectivity index (χ0n) is 7.97. The van der Waals surface area contributed by atoms with E-state index in [1.807, 2.05) is 0 Å². The van der Waals surface area contributed by atoms with Crippen molar-refractivity contribution in [1.82, 2.24) is 0 Å². The van der Waals surface area contributed by atoms with Gasteiger partial charge in [-0.05, 0) is 0 Å². The minimum atomic E-state index is -4.29. The lowest BCUT2D eigenvalue weighted by Crippen LogP contribution is -2.18. The molecule has 8 heteroatoms. The SMILES string of the molecule is CC#COS(=O)(=O)CS(=O)(=O)OC#CC. The monoisotopic (exact) mass is 252 g/mol. The van der Waals surface area contributed by atoms with Crippen molar-refractivity contribution in [1.29, 1.82) is 0 Å². The summed E-state index contributed by atoms with van der Waals surface area (Å²) in [4.78, 5) is 0. The first kappa shape index (κ1) is 13.6. The Labute approximate surface area is 88.8 Å². The van der Waals surface area contributed by atoms with Gasteiger partial charge in [0.05, 0.1) is 0 Å². The van der Waals surface area contributed by atoms with Gasteiger partial charge in [-0.1, -0.05) is 11.8 Å². The molecule has 0 bridgehead atoms. The number of hydrogen-bond donors (Lipinski definition) is 0. The van der Waals surface area contributed by atoms with Gasteiger partial charge in [0.1, 0.15) is 12.2 Å². The Morgan fingerprint density at radius 2 is 1.20 bits per heavy atom. The highest BCUT2D eigenvalue weighted by Gasteiger charge is 2.24. The van der Waals surface area contributed by atoms with Gasteiger partial charge < -0.3 is 8.37 Å². The molecule has 0 heterocycles. The summed E-state index contributed by atoms with van der Waals surface area (Å²) in [5.74, 6) is 4.28. The predicted octanol–water partition coefficient (Wildman–Crippen LogP) is -0.402. The Balaban J connectivity index is 4.68. The second-order valence-corrected chi connectivity index (χ2v) is 5.61. The van der Waals surface area contributed by atoms with Gasteiger partial charge in [-0.15, -0.1) is 0 Å². The lowest BCUT2D eigenvalue weighted by Gasteiger charge is -1.99. The van der Waals surface area contributed by atoms with Crippen molar-refractivity contribution in [3.63, 3.8) is 0 Å². The Hall–Kier alpha value is -1.38. The Kier molecular flexibility index (Phi) is 4.98. The van der Waals surface area contributed by atoms with E-state index in [0.29, 0.717) is 0 Å². The minimum Gasteiger partial charge on any atom is -0.327 e. The summed E-state index contributed by atoms with van der Waals surface area (Å²) in [6.45, 7) is 2.67. The van der Waals surface area contributed by atoms with Crippen LogP contribution in [0.1, 0.15) is 13.8 Å². The molecule has 0 N–H and O–H groups in total. The van der Waals surface area contributed by atoms with Gasteiger partial charge in [-0.3, -0.25) is 0 Å². The maximum Gasteiger partial charge on any atom is 0.335 e. The van der Waals surface area contributed by atoms with Gasteiger partial charge in [-0.2, -0.15) is 16.8 Å². The van der Waals surface area contributed by atoms with Crippen molar-refractivity contribution in [2.24, 2.45) is 0 Å². The molecule has 0 aliphatic rings. The standard InChI is InChI=1S/C7H8O6S2/c1-3-5-12-14(8,9)7-15(10,11)13-6-4-2/h7H2,1-2H3. The lowest BCUT2D eigenvalue weighted by molar-refractivity contribution is 0.454. The Bertz CT molecular complexity index is 470. The zero-order valence-corrected chi connectivity index (χ0v) is 9.61. The first-order valence-corrected chi connectivity index (χ1v) is 6.64. The summed E-state index contributed by atoms with van der Waals surface area (Å²) in [6, 6.07) is 0. The molecule has 0 spiro atoms. The van der Waals surface area contributed by atoms with E-state index in [9.17, 15) is 16.8 Å². The predicted molar refractivity (Wildman–Crippen MR) is 51.8 cm³/mol. The summed E-state index contributed by atoms with van der Waals surface area (Å²) < 4.78 is 51.7. The molecule has 0 rings (SSSR count). The van der Waals surface area contributed by atoms with E-state index in [4.69, 9.17) is 0 Å². The molecule has 0 saturated carbocycles. The van der Waals surface area contributed by atoms with Crippen LogP contribution in [0.4, 0.5) is 0 Å². The van der Waals surface area contributed by atoms with Gasteiger partial charge in [0.25, 0.3) is 0 Å². The smallest absolute Gasteiger partial charge is 0.327 e. The molecule has 0 aliphatic carbocycles. The van der Waals surface area contributed by atoms with E-state index >= 15 is 0 Å². The third-order valence-electron chi connectivity index (χ3n) is 0.830. The molecule has 6 nitrogen and oxygen atoms in total. The van der Waals surface area contributed by atoms with E-state index in [1.54, 1.807) is 12.2 Å². The molecule has 0 aliphatic heterocycles. The normalized spacial score (nSPS) is 10.3. The van der Waals surface area contributed by atoms with Crippen molar-refractivity contribution >= 4 is 20.2 Å². The van der Waals surface area contributed by atoms with Crippen LogP contribution in [-0.4, -0.2) is 21.9 Å². The largest absolute Gasteiger partial charge is 0.335 e. The van der Waals surface area contributed by atoms with E-state index in [0.717, 1.165) is 0 Å². The third kappa shape index (κ3) is 6.66. The van der Waals surface area contributed by atoms with Gasteiger partial charge in [0, 0.05) is 13.8 Å². The fourth-order valence-electron chi connectivity index (χ4n) is 0.435. The van der Waals surface area contributed by atoms with Crippen LogP contribution in [0.15, 0.2) is 0 Å². The van der Waals surface area contributed by atoms with E-state index in [2.05, 4.69) is 20.2 Å². The Morgan fingerprint density at radius 1 is 0.867 bits per heavy atom. The minimum absolute atomic E-state index is 1.33. The van der Waals surface area contributed by atoms with Gasteiger partial charge in [0.15, 0.2) is 0 Å². The molecule has 0 radical (unpaired) electrons. The third-order valence-corrected chi connectivity index (χ3v) is 3.81. The van der Waals surface area contributed by atoms with Gasteiger partial charge in [-0.25, -0.2) is 0 Å². The average Bonchev–Trinajstić information content (AvgIpc) is 2.10. The van der Waals surface area contributed by atoms with Crippen LogP contribution in [0.25, 0.3) is 0 Å². The summed E-state index contributed by atoms with van der Waals surface area (Å²) in [6.07, 6.45) is 3.55. The lowest BCUT2D eigenvalue weighted by atomic mass is 10.8. The quantitative estimate of drug-likeness (QED) is 0.499. The fourth-order valence-corrected chi connectivity index (χ4v) is 2.65. The number of rotatable bonds is 4. The van der Waals surface area contributed by atoms with Crippen molar-refractivity contribution in [3.8, 4) is 24.1 Å². The molecule has 0 atom stereocenters.